The quantitative estimate of drug-likeness (QED) is 0.471. The topological polar surface area (TPSA) is 75.2 Å². The molecule has 0 fully saturated rings. The van der Waals surface area contributed by atoms with Crippen LogP contribution >= 0.6 is 0 Å². The summed E-state index contributed by atoms with van der Waals surface area (Å²) >= 11 is 0. The molecular weight excluding hydrogens is 292 g/mol. The van der Waals surface area contributed by atoms with Gasteiger partial charge in [-0.2, -0.15) is 0 Å². The minimum absolute atomic E-state index is 0.808. The second-order valence-corrected chi connectivity index (χ2v) is 5.88. The average Bonchev–Trinajstić information content (AvgIpc) is 3.03. The van der Waals surface area contributed by atoms with Crippen LogP contribution in [0.5, 0.6) is 0 Å². The van der Waals surface area contributed by atoms with E-state index in [9.17, 15) is 13.0 Å². The Bertz CT molecular complexity index is 708. The smallest absolute Gasteiger partial charge is 0.256 e. The summed E-state index contributed by atoms with van der Waals surface area (Å²) in [5.41, 5.74) is 2.63. The normalized spacial score (nSPS) is 13.5. The highest BCUT2D eigenvalue weighted by molar-refractivity contribution is 7.80. The molecule has 0 aliphatic carbocycles. The number of nitrogens with zero attached hydrogens (tertiary/aromatic N) is 2. The van der Waals surface area contributed by atoms with Gasteiger partial charge in [-0.25, -0.2) is 17.6 Å². The van der Waals surface area contributed by atoms with Gasteiger partial charge in [-0.15, -0.1) is 0 Å². The Balaban J connectivity index is 0.000000232. The second-order valence-electron chi connectivity index (χ2n) is 4.73. The van der Waals surface area contributed by atoms with Crippen molar-refractivity contribution in [3.8, 4) is 11.3 Å². The Labute approximate surface area is 124 Å². The Morgan fingerprint density at radius 2 is 1.90 bits per heavy atom. The second kappa shape index (κ2) is 6.38. The number of imidazole rings is 1. The number of aromatic nitrogens is 2. The van der Waals surface area contributed by atoms with E-state index in [0.717, 1.165) is 7.11 Å². The SMILES string of the molecule is COS(=O)(=O)[O-].Cn1c(-c2ccccc2)c[n+]2c1CCC2. The maximum absolute atomic E-state index is 9.22. The molecule has 0 bridgehead atoms. The van der Waals surface area contributed by atoms with E-state index in [1.165, 1.54) is 36.5 Å². The zero-order chi connectivity index (χ0) is 15.5. The summed E-state index contributed by atoms with van der Waals surface area (Å²) < 4.78 is 35.7. The third kappa shape index (κ3) is 3.90. The molecule has 3 rings (SSSR count). The van der Waals surface area contributed by atoms with Gasteiger partial charge in [-0.05, 0) is 6.42 Å². The summed E-state index contributed by atoms with van der Waals surface area (Å²) in [5.74, 6) is 1.45. The fourth-order valence-electron chi connectivity index (χ4n) is 2.43. The number of fused-ring (bicyclic) bond motifs is 1. The fourth-order valence-corrected chi connectivity index (χ4v) is 2.43. The molecule has 2 aromatic rings. The molecule has 1 aliphatic heterocycles. The molecule has 114 valence electrons. The van der Waals surface area contributed by atoms with Crippen LogP contribution in [0.3, 0.4) is 0 Å². The first-order valence-electron chi connectivity index (χ1n) is 6.57. The van der Waals surface area contributed by atoms with Crippen molar-refractivity contribution in [1.29, 1.82) is 0 Å². The van der Waals surface area contributed by atoms with Crippen molar-refractivity contribution < 1.29 is 21.7 Å². The lowest BCUT2D eigenvalue weighted by Crippen LogP contribution is -2.30. The summed E-state index contributed by atoms with van der Waals surface area (Å²) in [6.07, 6.45) is 4.78. The van der Waals surface area contributed by atoms with E-state index < -0.39 is 10.4 Å². The first-order valence-corrected chi connectivity index (χ1v) is 7.90. The van der Waals surface area contributed by atoms with Crippen molar-refractivity contribution in [3.63, 3.8) is 0 Å². The van der Waals surface area contributed by atoms with Crippen LogP contribution in [0.25, 0.3) is 11.3 Å². The van der Waals surface area contributed by atoms with Gasteiger partial charge in [0.05, 0.1) is 27.1 Å². The maximum atomic E-state index is 9.22. The fraction of sp³-hybridized carbons (Fsp3) is 0.357. The van der Waals surface area contributed by atoms with Gasteiger partial charge >= 0.3 is 0 Å². The van der Waals surface area contributed by atoms with Crippen LogP contribution in [0, 0.1) is 0 Å². The van der Waals surface area contributed by atoms with Gasteiger partial charge in [0, 0.05) is 5.56 Å². The van der Waals surface area contributed by atoms with Gasteiger partial charge in [0.15, 0.2) is 5.69 Å². The number of benzene rings is 1. The Hall–Kier alpha value is -1.70. The number of aryl methyl sites for hydroxylation is 1. The third-order valence-corrected chi connectivity index (χ3v) is 3.84. The zero-order valence-electron chi connectivity index (χ0n) is 12.0. The van der Waals surface area contributed by atoms with Crippen molar-refractivity contribution in [2.45, 2.75) is 19.4 Å². The molecule has 0 radical (unpaired) electrons. The Morgan fingerprint density at radius 3 is 2.43 bits per heavy atom. The maximum Gasteiger partial charge on any atom is 0.256 e. The van der Waals surface area contributed by atoms with Crippen LogP contribution in [0.4, 0.5) is 0 Å². The largest absolute Gasteiger partial charge is 0.726 e. The van der Waals surface area contributed by atoms with Crippen molar-refractivity contribution in [3.05, 3.63) is 42.4 Å². The summed E-state index contributed by atoms with van der Waals surface area (Å²) in [6.45, 7) is 1.18. The van der Waals surface area contributed by atoms with E-state index >= 15 is 0 Å². The number of hydrogen-bond donors (Lipinski definition) is 0. The van der Waals surface area contributed by atoms with Crippen LogP contribution in [0.2, 0.25) is 0 Å². The van der Waals surface area contributed by atoms with Gasteiger partial charge in [-0.1, -0.05) is 30.3 Å². The predicted molar refractivity (Wildman–Crippen MR) is 76.1 cm³/mol. The lowest BCUT2D eigenvalue weighted by atomic mass is 10.2. The van der Waals surface area contributed by atoms with Gasteiger partial charge in [0.2, 0.25) is 10.4 Å². The lowest BCUT2D eigenvalue weighted by Gasteiger charge is -1.98. The third-order valence-electron chi connectivity index (χ3n) is 3.43. The van der Waals surface area contributed by atoms with Crippen molar-refractivity contribution in [1.82, 2.24) is 4.57 Å². The lowest BCUT2D eigenvalue weighted by molar-refractivity contribution is -0.690. The average molecular weight is 310 g/mol. The monoisotopic (exact) mass is 310 g/mol. The molecule has 1 aliphatic rings. The van der Waals surface area contributed by atoms with Crippen molar-refractivity contribution in [2.24, 2.45) is 7.05 Å². The molecule has 0 N–H and O–H groups in total. The highest BCUT2D eigenvalue weighted by Crippen LogP contribution is 2.20. The molecule has 0 amide bonds. The van der Waals surface area contributed by atoms with Gasteiger partial charge in [-0.3, -0.25) is 4.18 Å². The number of hydrogen-bond acceptors (Lipinski definition) is 4. The molecular formula is C14H18N2O4S. The van der Waals surface area contributed by atoms with E-state index in [1.54, 1.807) is 0 Å². The Kier molecular flexibility index (Phi) is 4.76. The first kappa shape index (κ1) is 15.7. The van der Waals surface area contributed by atoms with Crippen LogP contribution in [-0.2, 0) is 34.6 Å². The molecule has 21 heavy (non-hydrogen) atoms. The van der Waals surface area contributed by atoms with E-state index in [-0.39, 0.29) is 0 Å². The molecule has 0 atom stereocenters. The molecule has 0 saturated carbocycles. The van der Waals surface area contributed by atoms with E-state index in [0.29, 0.717) is 0 Å². The molecule has 2 heterocycles. The van der Waals surface area contributed by atoms with Crippen molar-refractivity contribution >= 4 is 10.4 Å². The van der Waals surface area contributed by atoms with Gasteiger partial charge in [0.25, 0.3) is 5.82 Å². The summed E-state index contributed by atoms with van der Waals surface area (Å²) in [4.78, 5) is 0. The Morgan fingerprint density at radius 1 is 1.29 bits per heavy atom. The van der Waals surface area contributed by atoms with Crippen LogP contribution in [0.15, 0.2) is 36.5 Å². The number of rotatable bonds is 2. The van der Waals surface area contributed by atoms with Crippen molar-refractivity contribution in [2.75, 3.05) is 7.11 Å². The summed E-state index contributed by atoms with van der Waals surface area (Å²) in [6, 6.07) is 10.6. The van der Waals surface area contributed by atoms with Crippen LogP contribution in [-0.4, -0.2) is 24.6 Å². The molecule has 0 spiro atoms. The van der Waals surface area contributed by atoms with E-state index in [2.05, 4.69) is 56.9 Å². The van der Waals surface area contributed by atoms with Crippen LogP contribution < -0.4 is 4.57 Å². The molecule has 0 unspecified atom stereocenters. The van der Waals surface area contributed by atoms with Gasteiger partial charge < -0.3 is 4.55 Å². The summed E-state index contributed by atoms with van der Waals surface area (Å²) in [5, 5.41) is 0. The van der Waals surface area contributed by atoms with E-state index in [4.69, 9.17) is 0 Å². The first-order chi connectivity index (χ1) is 9.92. The molecule has 6 nitrogen and oxygen atoms in total. The predicted octanol–water partition coefficient (Wildman–Crippen LogP) is 1.02. The molecule has 1 aromatic carbocycles. The molecule has 0 saturated heterocycles. The molecule has 1 aromatic heterocycles. The standard InChI is InChI=1S/C13H15N2.CH4O4S/c1-14-12(11-6-3-2-4-7-11)10-15-9-5-8-13(14)15;1-5-6(2,3)4/h2-4,6-7,10H,5,8-9H2,1H3;1H3,(H,2,3,4)/q+1;/p-1. The minimum Gasteiger partial charge on any atom is -0.726 e. The molecule has 7 heteroatoms. The summed E-state index contributed by atoms with van der Waals surface area (Å²) in [7, 11) is -1.44. The minimum atomic E-state index is -4.41. The highest BCUT2D eigenvalue weighted by Gasteiger charge is 2.25. The highest BCUT2D eigenvalue weighted by atomic mass is 32.3. The van der Waals surface area contributed by atoms with Crippen LogP contribution in [0.1, 0.15) is 12.2 Å². The van der Waals surface area contributed by atoms with E-state index in [1.807, 2.05) is 0 Å². The van der Waals surface area contributed by atoms with Gasteiger partial charge in [0.1, 0.15) is 6.20 Å². The zero-order valence-corrected chi connectivity index (χ0v) is 12.8.